The van der Waals surface area contributed by atoms with E-state index in [1.54, 1.807) is 10.8 Å². The van der Waals surface area contributed by atoms with E-state index in [1.807, 2.05) is 32.8 Å². The number of aliphatic hydroxyl groups excluding tert-OH is 1. The number of aryl methyl sites for hydroxylation is 1. The molecule has 0 aromatic carbocycles. The van der Waals surface area contributed by atoms with Crippen LogP contribution in [-0.4, -0.2) is 49.7 Å². The highest BCUT2D eigenvalue weighted by Crippen LogP contribution is 2.15. The number of likely N-dealkylation sites (N-methyl/N-ethyl adjacent to an activating group) is 1. The second kappa shape index (κ2) is 6.51. The lowest BCUT2D eigenvalue weighted by molar-refractivity contribution is 0.271. The van der Waals surface area contributed by atoms with Crippen molar-refractivity contribution >= 4 is 10.0 Å². The average Bonchev–Trinajstić information content (AvgIpc) is 2.70. The first kappa shape index (κ1) is 16.2. The molecule has 1 heterocycles. The summed E-state index contributed by atoms with van der Waals surface area (Å²) in [5, 5.41) is 9.19. The molecule has 0 spiro atoms. The van der Waals surface area contributed by atoms with Gasteiger partial charge in [-0.25, -0.2) is 13.1 Å². The van der Waals surface area contributed by atoms with E-state index in [-0.39, 0.29) is 17.5 Å². The molecular weight excluding hydrogens is 266 g/mol. The zero-order chi connectivity index (χ0) is 14.6. The third-order valence-electron chi connectivity index (χ3n) is 2.77. The predicted molar refractivity (Wildman–Crippen MR) is 74.4 cm³/mol. The highest BCUT2D eigenvalue weighted by molar-refractivity contribution is 7.89. The topological polar surface area (TPSA) is 74.6 Å². The van der Waals surface area contributed by atoms with E-state index in [2.05, 4.69) is 4.72 Å². The SMILES string of the molecule is CCn1cc(S(=O)(=O)NC(C)CN(C)C)cc1CO. The molecule has 0 aliphatic heterocycles. The summed E-state index contributed by atoms with van der Waals surface area (Å²) in [6.45, 7) is 4.80. The van der Waals surface area contributed by atoms with Gasteiger partial charge in [0.05, 0.1) is 11.5 Å². The van der Waals surface area contributed by atoms with Crippen molar-refractivity contribution in [1.82, 2.24) is 14.2 Å². The maximum absolute atomic E-state index is 12.2. The van der Waals surface area contributed by atoms with Crippen molar-refractivity contribution in [3.8, 4) is 0 Å². The quantitative estimate of drug-likeness (QED) is 0.753. The summed E-state index contributed by atoms with van der Waals surface area (Å²) in [6, 6.07) is 1.33. The van der Waals surface area contributed by atoms with Crippen LogP contribution in [0.1, 0.15) is 19.5 Å². The van der Waals surface area contributed by atoms with Crippen molar-refractivity contribution < 1.29 is 13.5 Å². The van der Waals surface area contributed by atoms with Gasteiger partial charge in [0.1, 0.15) is 0 Å². The Morgan fingerprint density at radius 1 is 1.47 bits per heavy atom. The zero-order valence-corrected chi connectivity index (χ0v) is 12.7. The van der Waals surface area contributed by atoms with Crippen molar-refractivity contribution in [3.63, 3.8) is 0 Å². The Kier molecular flexibility index (Phi) is 5.54. The van der Waals surface area contributed by atoms with Crippen LogP contribution in [0.4, 0.5) is 0 Å². The van der Waals surface area contributed by atoms with Crippen LogP contribution in [0, 0.1) is 0 Å². The Balaban J connectivity index is 2.91. The number of nitrogens with one attached hydrogen (secondary N) is 1. The fourth-order valence-corrected chi connectivity index (χ4v) is 3.31. The molecule has 110 valence electrons. The third-order valence-corrected chi connectivity index (χ3v) is 4.33. The molecule has 0 saturated carbocycles. The average molecular weight is 289 g/mol. The molecule has 2 N–H and O–H groups in total. The number of hydrogen-bond acceptors (Lipinski definition) is 4. The summed E-state index contributed by atoms with van der Waals surface area (Å²) in [5.74, 6) is 0. The predicted octanol–water partition coefficient (Wildman–Crippen LogP) is 0.229. The summed E-state index contributed by atoms with van der Waals surface area (Å²) < 4.78 is 28.7. The first-order valence-corrected chi connectivity index (χ1v) is 7.75. The van der Waals surface area contributed by atoms with Crippen LogP contribution in [-0.2, 0) is 23.2 Å². The Morgan fingerprint density at radius 3 is 2.53 bits per heavy atom. The van der Waals surface area contributed by atoms with E-state index in [9.17, 15) is 13.5 Å². The van der Waals surface area contributed by atoms with Crippen LogP contribution in [0.15, 0.2) is 17.2 Å². The standard InChI is InChI=1S/C12H23N3O3S/c1-5-15-8-12(6-11(15)9-16)19(17,18)13-10(2)7-14(3)4/h6,8,10,13,16H,5,7,9H2,1-4H3. The minimum Gasteiger partial charge on any atom is -0.390 e. The minimum absolute atomic E-state index is 0.170. The smallest absolute Gasteiger partial charge is 0.242 e. The van der Waals surface area contributed by atoms with E-state index in [0.717, 1.165) is 0 Å². The first-order valence-electron chi connectivity index (χ1n) is 6.27. The van der Waals surface area contributed by atoms with Crippen molar-refractivity contribution in [2.45, 2.75) is 37.9 Å². The maximum Gasteiger partial charge on any atom is 0.242 e. The second-order valence-corrected chi connectivity index (χ2v) is 6.61. The van der Waals surface area contributed by atoms with Gasteiger partial charge in [-0.05, 0) is 34.0 Å². The molecule has 0 bridgehead atoms. The van der Waals surface area contributed by atoms with Gasteiger partial charge in [0.2, 0.25) is 10.0 Å². The molecule has 19 heavy (non-hydrogen) atoms. The van der Waals surface area contributed by atoms with Gasteiger partial charge in [-0.3, -0.25) is 0 Å². The number of rotatable bonds is 7. The summed E-state index contributed by atoms with van der Waals surface area (Å²) in [7, 11) is 0.247. The molecule has 0 saturated heterocycles. The van der Waals surface area contributed by atoms with Gasteiger partial charge in [-0.1, -0.05) is 0 Å². The summed E-state index contributed by atoms with van der Waals surface area (Å²) in [6.07, 6.45) is 1.55. The molecule has 0 amide bonds. The maximum atomic E-state index is 12.2. The molecule has 7 heteroatoms. The van der Waals surface area contributed by atoms with E-state index in [0.29, 0.717) is 18.8 Å². The fraction of sp³-hybridized carbons (Fsp3) is 0.667. The Labute approximate surface area is 115 Å². The summed E-state index contributed by atoms with van der Waals surface area (Å²) >= 11 is 0. The number of hydrogen-bond donors (Lipinski definition) is 2. The number of aromatic nitrogens is 1. The normalized spacial score (nSPS) is 14.0. The summed E-state index contributed by atoms with van der Waals surface area (Å²) in [4.78, 5) is 2.12. The van der Waals surface area contributed by atoms with Crippen molar-refractivity contribution in [2.75, 3.05) is 20.6 Å². The Bertz CT molecular complexity index is 487. The fourth-order valence-electron chi connectivity index (χ4n) is 2.02. The Morgan fingerprint density at radius 2 is 2.11 bits per heavy atom. The Hall–Kier alpha value is -0.890. The number of sulfonamides is 1. The second-order valence-electron chi connectivity index (χ2n) is 4.90. The van der Waals surface area contributed by atoms with E-state index < -0.39 is 10.0 Å². The molecule has 0 aliphatic carbocycles. The number of aliphatic hydroxyl groups is 1. The van der Waals surface area contributed by atoms with Gasteiger partial charge >= 0.3 is 0 Å². The van der Waals surface area contributed by atoms with Gasteiger partial charge < -0.3 is 14.6 Å². The van der Waals surface area contributed by atoms with Gasteiger partial charge in [0.15, 0.2) is 0 Å². The van der Waals surface area contributed by atoms with Crippen molar-refractivity contribution in [2.24, 2.45) is 0 Å². The lowest BCUT2D eigenvalue weighted by Crippen LogP contribution is -2.39. The van der Waals surface area contributed by atoms with E-state index in [1.165, 1.54) is 6.07 Å². The molecule has 0 aliphatic rings. The van der Waals surface area contributed by atoms with Gasteiger partial charge in [-0.2, -0.15) is 0 Å². The lowest BCUT2D eigenvalue weighted by atomic mass is 10.3. The van der Waals surface area contributed by atoms with Crippen LogP contribution in [0.5, 0.6) is 0 Å². The monoisotopic (exact) mass is 289 g/mol. The van der Waals surface area contributed by atoms with Crippen LogP contribution < -0.4 is 4.72 Å². The molecule has 6 nitrogen and oxygen atoms in total. The molecule has 1 aromatic rings. The van der Waals surface area contributed by atoms with Crippen LogP contribution in [0.2, 0.25) is 0 Å². The highest BCUT2D eigenvalue weighted by Gasteiger charge is 2.20. The molecular formula is C12H23N3O3S. The molecule has 0 radical (unpaired) electrons. The van der Waals surface area contributed by atoms with Crippen molar-refractivity contribution in [3.05, 3.63) is 18.0 Å². The third kappa shape index (κ3) is 4.31. The van der Waals surface area contributed by atoms with Crippen molar-refractivity contribution in [1.29, 1.82) is 0 Å². The zero-order valence-electron chi connectivity index (χ0n) is 11.9. The van der Waals surface area contributed by atoms with Gasteiger partial charge in [0.25, 0.3) is 0 Å². The van der Waals surface area contributed by atoms with Crippen LogP contribution in [0.3, 0.4) is 0 Å². The van der Waals surface area contributed by atoms with Gasteiger partial charge in [0, 0.05) is 31.0 Å². The highest BCUT2D eigenvalue weighted by atomic mass is 32.2. The molecule has 0 fully saturated rings. The molecule has 1 unspecified atom stereocenters. The van der Waals surface area contributed by atoms with Crippen LogP contribution >= 0.6 is 0 Å². The largest absolute Gasteiger partial charge is 0.390 e. The molecule has 1 rings (SSSR count). The van der Waals surface area contributed by atoms with E-state index >= 15 is 0 Å². The minimum atomic E-state index is -3.54. The summed E-state index contributed by atoms with van der Waals surface area (Å²) in [5.41, 5.74) is 0.600. The van der Waals surface area contributed by atoms with Gasteiger partial charge in [-0.15, -0.1) is 0 Å². The molecule has 1 aromatic heterocycles. The van der Waals surface area contributed by atoms with E-state index in [4.69, 9.17) is 0 Å². The van der Waals surface area contributed by atoms with Crippen LogP contribution in [0.25, 0.3) is 0 Å². The first-order chi connectivity index (χ1) is 8.80. The number of nitrogens with zero attached hydrogens (tertiary/aromatic N) is 2. The molecule has 1 atom stereocenters. The lowest BCUT2D eigenvalue weighted by Gasteiger charge is -2.17.